The van der Waals surface area contributed by atoms with E-state index in [1.54, 1.807) is 60.6 Å². The highest BCUT2D eigenvalue weighted by Crippen LogP contribution is 2.25. The fraction of sp³-hybridized carbons (Fsp3) is 0.787. The molecule has 0 unspecified atom stereocenters. The summed E-state index contributed by atoms with van der Waals surface area (Å²) in [7, 11) is 9.90. The van der Waals surface area contributed by atoms with Gasteiger partial charge in [0.25, 0.3) is 0 Å². The summed E-state index contributed by atoms with van der Waals surface area (Å²) in [6, 6.07) is -12.3. The molecule has 0 aromatic heterocycles. The number of amides is 11. The van der Waals surface area contributed by atoms with Crippen molar-refractivity contribution in [2.45, 2.75) is 222 Å². The molecule has 1 aliphatic heterocycles. The van der Waals surface area contributed by atoms with Crippen molar-refractivity contribution in [3.63, 3.8) is 0 Å². The van der Waals surface area contributed by atoms with E-state index in [9.17, 15) is 48.3 Å². The number of nitrogens with zero attached hydrogens (tertiary/aromatic N) is 7. The second-order valence-corrected chi connectivity index (χ2v) is 25.3. The van der Waals surface area contributed by atoms with E-state index >= 15 is 9.59 Å². The Labute approximate surface area is 502 Å². The van der Waals surface area contributed by atoms with Crippen molar-refractivity contribution in [2.24, 2.45) is 35.5 Å². The van der Waals surface area contributed by atoms with Gasteiger partial charge >= 0.3 is 0 Å². The predicted molar refractivity (Wildman–Crippen MR) is 324 cm³/mol. The molecule has 0 saturated carbocycles. The lowest BCUT2D eigenvalue weighted by Gasteiger charge is -2.41. The lowest BCUT2D eigenvalue weighted by molar-refractivity contribution is -0.157. The molecule has 0 spiro atoms. The summed E-state index contributed by atoms with van der Waals surface area (Å²) >= 11 is 0. The minimum absolute atomic E-state index is 0.0253. The van der Waals surface area contributed by atoms with Crippen molar-refractivity contribution in [3.8, 4) is 0 Å². The van der Waals surface area contributed by atoms with Gasteiger partial charge in [-0.05, 0) is 94.8 Å². The monoisotopic (exact) mass is 1190 g/mol. The first-order valence-electron chi connectivity index (χ1n) is 30.2. The van der Waals surface area contributed by atoms with Crippen molar-refractivity contribution in [1.82, 2.24) is 55.6 Å². The molecular formula is C61H109N11O12. The minimum Gasteiger partial charge on any atom is -0.390 e. The van der Waals surface area contributed by atoms with Gasteiger partial charge in [-0.2, -0.15) is 0 Å². The van der Waals surface area contributed by atoms with Gasteiger partial charge in [-0.3, -0.25) is 52.7 Å². The molecule has 0 aromatic rings. The number of likely N-dealkylation sites (N-methyl/N-ethyl adjacent to an activating group) is 7. The van der Waals surface area contributed by atoms with Crippen LogP contribution in [-0.2, 0) is 52.7 Å². The molecule has 0 bridgehead atoms. The maximum atomic E-state index is 15.1. The van der Waals surface area contributed by atoms with Crippen molar-refractivity contribution >= 4 is 65.0 Å². The number of allylic oxidation sites excluding steroid dienone is 2. The molecule has 11 amide bonds. The van der Waals surface area contributed by atoms with Gasteiger partial charge < -0.3 is 60.7 Å². The number of aliphatic hydroxyl groups is 1. The molecular weight excluding hydrogens is 1080 g/mol. The predicted octanol–water partition coefficient (Wildman–Crippen LogP) is 3.02. The first kappa shape index (κ1) is 75.9. The van der Waals surface area contributed by atoms with Gasteiger partial charge in [-0.1, -0.05) is 109 Å². The second kappa shape index (κ2) is 34.7. The van der Waals surface area contributed by atoms with Crippen LogP contribution in [0.2, 0.25) is 0 Å². The smallest absolute Gasteiger partial charge is 0.246 e. The Morgan fingerprint density at radius 1 is 0.488 bits per heavy atom. The Hall–Kier alpha value is -6.13. The van der Waals surface area contributed by atoms with Crippen LogP contribution in [0, 0.1) is 35.5 Å². The zero-order valence-corrected chi connectivity index (χ0v) is 55.2. The molecule has 12 atom stereocenters. The van der Waals surface area contributed by atoms with Gasteiger partial charge in [-0.25, -0.2) is 0 Å². The quantitative estimate of drug-likeness (QED) is 0.148. The van der Waals surface area contributed by atoms with Crippen LogP contribution in [0.4, 0.5) is 0 Å². The van der Waals surface area contributed by atoms with Crippen molar-refractivity contribution in [2.75, 3.05) is 55.9 Å². The Kier molecular flexibility index (Phi) is 31.4. The van der Waals surface area contributed by atoms with E-state index in [0.717, 1.165) is 9.80 Å². The van der Waals surface area contributed by atoms with Gasteiger partial charge in [0.05, 0.1) is 12.6 Å². The van der Waals surface area contributed by atoms with E-state index in [4.69, 9.17) is 0 Å². The zero-order valence-electron chi connectivity index (χ0n) is 55.2. The van der Waals surface area contributed by atoms with Crippen LogP contribution >= 0.6 is 0 Å². The van der Waals surface area contributed by atoms with Gasteiger partial charge in [0.15, 0.2) is 0 Å². The van der Waals surface area contributed by atoms with E-state index in [-0.39, 0.29) is 49.9 Å². The van der Waals surface area contributed by atoms with Crippen molar-refractivity contribution in [3.05, 3.63) is 12.2 Å². The largest absolute Gasteiger partial charge is 0.390 e. The second-order valence-electron chi connectivity index (χ2n) is 25.3. The van der Waals surface area contributed by atoms with Crippen LogP contribution in [0.5, 0.6) is 0 Å². The Morgan fingerprint density at radius 2 is 0.940 bits per heavy atom. The normalized spacial score (nSPS) is 27.0. The number of carbonyl (C=O) groups excluding carboxylic acids is 11. The molecule has 1 rings (SSSR count). The van der Waals surface area contributed by atoms with E-state index in [0.29, 0.717) is 12.8 Å². The van der Waals surface area contributed by atoms with E-state index in [1.807, 2.05) is 48.5 Å². The maximum absolute atomic E-state index is 15.1. The maximum Gasteiger partial charge on any atom is 0.246 e. The van der Waals surface area contributed by atoms with Crippen molar-refractivity contribution in [1.29, 1.82) is 0 Å². The fourth-order valence-electron chi connectivity index (χ4n) is 10.6. The third-order valence-electron chi connectivity index (χ3n) is 15.9. The summed E-state index contributed by atoms with van der Waals surface area (Å²) in [6.07, 6.45) is 3.51. The fourth-order valence-corrected chi connectivity index (χ4v) is 10.6. The first-order valence-corrected chi connectivity index (χ1v) is 30.2. The number of nitrogens with one attached hydrogen (secondary N) is 4. The molecule has 0 aromatic carbocycles. The summed E-state index contributed by atoms with van der Waals surface area (Å²) in [5, 5.41) is 23.0. The summed E-state index contributed by atoms with van der Waals surface area (Å²) < 4.78 is 0. The molecule has 23 nitrogen and oxygen atoms in total. The third kappa shape index (κ3) is 20.8. The van der Waals surface area contributed by atoms with Crippen LogP contribution in [0.3, 0.4) is 0 Å². The minimum atomic E-state index is -1.61. The zero-order chi connectivity index (χ0) is 65.1. The Balaban J connectivity index is 4.29. The van der Waals surface area contributed by atoms with Crippen LogP contribution < -0.4 is 21.3 Å². The molecule has 5 N–H and O–H groups in total. The van der Waals surface area contributed by atoms with Crippen LogP contribution in [0.25, 0.3) is 0 Å². The molecule has 0 aliphatic carbocycles. The highest BCUT2D eigenvalue weighted by molar-refractivity contribution is 5.99. The average molecular weight is 1190 g/mol. The summed E-state index contributed by atoms with van der Waals surface area (Å²) in [6.45, 7) is 27.4. The summed E-state index contributed by atoms with van der Waals surface area (Å²) in [5.41, 5.74) is 0. The van der Waals surface area contributed by atoms with E-state index in [1.165, 1.54) is 87.7 Å². The van der Waals surface area contributed by atoms with Gasteiger partial charge in [0.1, 0.15) is 60.4 Å². The average Bonchev–Trinajstić information content (AvgIpc) is 3.46. The molecule has 1 fully saturated rings. The number of hydrogen-bond donors (Lipinski definition) is 5. The van der Waals surface area contributed by atoms with Gasteiger partial charge in [0.2, 0.25) is 65.0 Å². The number of carbonyl (C=O) groups is 11. The van der Waals surface area contributed by atoms with Gasteiger partial charge in [0, 0.05) is 49.3 Å². The number of rotatable bonds is 15. The van der Waals surface area contributed by atoms with Gasteiger partial charge in [-0.15, -0.1) is 0 Å². The number of hydrogen-bond acceptors (Lipinski definition) is 12. The Morgan fingerprint density at radius 3 is 1.40 bits per heavy atom. The lowest BCUT2D eigenvalue weighted by atomic mass is 9.91. The van der Waals surface area contributed by atoms with Crippen molar-refractivity contribution < 1.29 is 57.8 Å². The molecule has 1 heterocycles. The summed E-state index contributed by atoms with van der Waals surface area (Å²) in [5.74, 6) is -9.54. The number of aliphatic hydroxyl groups excluding tert-OH is 1. The van der Waals surface area contributed by atoms with E-state index < -0.39 is 156 Å². The highest BCUT2D eigenvalue weighted by Gasteiger charge is 2.45. The first-order chi connectivity index (χ1) is 38.9. The SMILES string of the molecule is C/C=C/C[C@@H](C)[C@@H](O)[C@H]1C(=O)N[C@@H](CC)C(=O)N(C)CC(=O)N(C)[C@@H](CCC)C(=O)N[C@@H](C(C)C)C(=O)N(C)[C@@H](CC(C)C)C(=O)N[C@@H](C)C(=O)N[C@H](C)C(=O)N(C)[C@@H](CC(C)C)C(=O)N(C)[C@@H](CC(C)C)C(=O)N(C)[C@@H](C(C)C)C(=O)N1C. The standard InChI is InChI=1S/C61H109N11O12/c1-24-27-29-39(14)51(74)50-55(78)64-42(26-3)57(80)66(17)33-47(73)67(18)43(28-25-2)53(76)65-48(37(10)11)60(83)68(19)44(30-34(4)5)54(77)62-40(15)52(75)63-41(16)56(79)69(20)45(31-35(6)7)58(81)70(21)46(32-36(8)9)59(82)71(22)49(38(12)13)61(84)72(50)23/h24,27,34-46,48-51,74H,25-26,28-33H2,1-23H3,(H,62,77)(H,63,75)(H,64,78)(H,65,76)/b27-24+/t39-,40+,41-,42+,43+,44+,45+,46+,48+,49+,50+,51-/m1/s1. The van der Waals surface area contributed by atoms with Crippen LogP contribution in [-0.4, -0.2) is 227 Å². The van der Waals surface area contributed by atoms with E-state index in [2.05, 4.69) is 21.3 Å². The Bertz CT molecular complexity index is 2290. The van der Waals surface area contributed by atoms with Crippen LogP contribution in [0.15, 0.2) is 12.2 Å². The lowest BCUT2D eigenvalue weighted by Crippen LogP contribution is -2.63. The summed E-state index contributed by atoms with van der Waals surface area (Å²) in [4.78, 5) is 168. The molecule has 480 valence electrons. The van der Waals surface area contributed by atoms with Crippen LogP contribution in [0.1, 0.15) is 156 Å². The third-order valence-corrected chi connectivity index (χ3v) is 15.9. The molecule has 1 saturated heterocycles. The molecule has 84 heavy (non-hydrogen) atoms. The molecule has 1 aliphatic rings. The topological polar surface area (TPSA) is 279 Å². The molecule has 0 radical (unpaired) electrons. The molecule has 23 heteroatoms. The highest BCUT2D eigenvalue weighted by atomic mass is 16.3.